The van der Waals surface area contributed by atoms with Crippen LogP contribution in [0.5, 0.6) is 0 Å². The number of aryl methyl sites for hydroxylation is 1. The maximum absolute atomic E-state index is 9.74. The lowest BCUT2D eigenvalue weighted by Crippen LogP contribution is -1.89. The molecule has 0 fully saturated rings. The van der Waals surface area contributed by atoms with Crippen molar-refractivity contribution in [1.82, 2.24) is 5.16 Å². The van der Waals surface area contributed by atoms with Crippen molar-refractivity contribution in [3.63, 3.8) is 0 Å². The minimum Gasteiger partial charge on any atom is -0.391 e. The van der Waals surface area contributed by atoms with E-state index in [1.807, 2.05) is 55.5 Å². The van der Waals surface area contributed by atoms with Crippen LogP contribution in [0, 0.1) is 6.92 Å². The van der Waals surface area contributed by atoms with Crippen molar-refractivity contribution in [3.8, 4) is 22.6 Å². The Kier molecular flexibility index (Phi) is 3.90. The van der Waals surface area contributed by atoms with Gasteiger partial charge in [0.05, 0.1) is 12.2 Å². The number of aliphatic hydroxyl groups is 1. The van der Waals surface area contributed by atoms with Crippen LogP contribution in [0.25, 0.3) is 22.6 Å². The third-order valence-electron chi connectivity index (χ3n) is 3.32. The maximum Gasteiger partial charge on any atom is 0.173 e. The zero-order valence-electron chi connectivity index (χ0n) is 11.5. The fourth-order valence-corrected chi connectivity index (χ4v) is 2.73. The molecule has 1 aromatic heterocycles. The molecule has 1 heterocycles. The Hall–Kier alpha value is -1.91. The largest absolute Gasteiger partial charge is 0.391 e. The smallest absolute Gasteiger partial charge is 0.173 e. The Bertz CT molecular complexity index is 717. The lowest BCUT2D eigenvalue weighted by molar-refractivity contribution is 0.281. The van der Waals surface area contributed by atoms with Crippen molar-refractivity contribution in [1.29, 1.82) is 0 Å². The van der Waals surface area contributed by atoms with Crippen LogP contribution in [-0.4, -0.2) is 10.3 Å². The first-order chi connectivity index (χ1) is 10.2. The second kappa shape index (κ2) is 5.84. The summed E-state index contributed by atoms with van der Waals surface area (Å²) < 4.78 is 6.46. The van der Waals surface area contributed by atoms with Crippen LogP contribution in [0.1, 0.15) is 11.1 Å². The molecule has 0 atom stereocenters. The molecule has 106 valence electrons. The Balaban J connectivity index is 2.13. The number of benzene rings is 2. The molecule has 2 aromatic carbocycles. The summed E-state index contributed by atoms with van der Waals surface area (Å²) in [5, 5.41) is 13.9. The molecule has 3 rings (SSSR count). The van der Waals surface area contributed by atoms with Crippen LogP contribution < -0.4 is 0 Å². The van der Waals surface area contributed by atoms with E-state index in [0.717, 1.165) is 21.2 Å². The van der Waals surface area contributed by atoms with E-state index < -0.39 is 0 Å². The molecule has 0 spiro atoms. The second-order valence-electron chi connectivity index (χ2n) is 4.88. The van der Waals surface area contributed by atoms with Crippen molar-refractivity contribution in [2.75, 3.05) is 0 Å². The highest BCUT2D eigenvalue weighted by molar-refractivity contribution is 9.10. The highest BCUT2D eigenvalue weighted by Gasteiger charge is 2.18. The number of aliphatic hydroxyl groups excluding tert-OH is 1. The average molecular weight is 344 g/mol. The summed E-state index contributed by atoms with van der Waals surface area (Å²) in [5.74, 6) is 0.621. The highest BCUT2D eigenvalue weighted by atomic mass is 79.9. The molecule has 0 saturated heterocycles. The predicted molar refractivity (Wildman–Crippen MR) is 85.7 cm³/mol. The quantitative estimate of drug-likeness (QED) is 0.757. The summed E-state index contributed by atoms with van der Waals surface area (Å²) in [6, 6.07) is 15.7. The molecule has 4 heteroatoms. The first-order valence-electron chi connectivity index (χ1n) is 6.61. The topological polar surface area (TPSA) is 46.3 Å². The van der Waals surface area contributed by atoms with Gasteiger partial charge in [-0.2, -0.15) is 0 Å². The van der Waals surface area contributed by atoms with Crippen molar-refractivity contribution < 1.29 is 9.63 Å². The molecule has 21 heavy (non-hydrogen) atoms. The van der Waals surface area contributed by atoms with Gasteiger partial charge in [-0.25, -0.2) is 0 Å². The fourth-order valence-electron chi connectivity index (χ4n) is 2.33. The lowest BCUT2D eigenvalue weighted by Gasteiger charge is -2.02. The van der Waals surface area contributed by atoms with Gasteiger partial charge in [0.2, 0.25) is 0 Å². The van der Waals surface area contributed by atoms with Gasteiger partial charge in [0.25, 0.3) is 0 Å². The fraction of sp³-hybridized carbons (Fsp3) is 0.118. The molecule has 1 N–H and O–H groups in total. The average Bonchev–Trinajstić information content (AvgIpc) is 2.91. The summed E-state index contributed by atoms with van der Waals surface area (Å²) in [7, 11) is 0. The van der Waals surface area contributed by atoms with Crippen LogP contribution in [0.4, 0.5) is 0 Å². The molecule has 0 unspecified atom stereocenters. The summed E-state index contributed by atoms with van der Waals surface area (Å²) in [5.41, 5.74) is 4.36. The first kappa shape index (κ1) is 14.0. The van der Waals surface area contributed by atoms with Gasteiger partial charge < -0.3 is 9.63 Å². The van der Waals surface area contributed by atoms with Gasteiger partial charge in [0.1, 0.15) is 5.69 Å². The van der Waals surface area contributed by atoms with Crippen LogP contribution in [0.3, 0.4) is 0 Å². The van der Waals surface area contributed by atoms with Gasteiger partial charge in [0, 0.05) is 15.6 Å². The van der Waals surface area contributed by atoms with Crippen molar-refractivity contribution in [2.24, 2.45) is 0 Å². The Morgan fingerprint density at radius 1 is 1.10 bits per heavy atom. The van der Waals surface area contributed by atoms with Crippen LogP contribution in [0.15, 0.2) is 57.5 Å². The van der Waals surface area contributed by atoms with Gasteiger partial charge in [-0.3, -0.25) is 0 Å². The molecule has 0 bridgehead atoms. The first-order valence-corrected chi connectivity index (χ1v) is 7.40. The standard InChI is InChI=1S/C17H14BrNO2/c1-11-4-2-6-13(8-11)17-15(10-20)16(19-21-17)12-5-3-7-14(18)9-12/h2-9,20H,10H2,1H3. The van der Waals surface area contributed by atoms with Crippen LogP contribution in [-0.2, 0) is 6.61 Å². The zero-order valence-corrected chi connectivity index (χ0v) is 13.1. The van der Waals surface area contributed by atoms with Crippen LogP contribution in [0.2, 0.25) is 0 Å². The summed E-state index contributed by atoms with van der Waals surface area (Å²) in [4.78, 5) is 0. The molecule has 0 saturated carbocycles. The van der Waals surface area contributed by atoms with Gasteiger partial charge in [0.15, 0.2) is 5.76 Å². The van der Waals surface area contributed by atoms with Crippen molar-refractivity contribution >= 4 is 15.9 Å². The monoisotopic (exact) mass is 343 g/mol. The molecule has 3 aromatic rings. The summed E-state index contributed by atoms with van der Waals surface area (Å²) >= 11 is 3.45. The SMILES string of the molecule is Cc1cccc(-c2onc(-c3cccc(Br)c3)c2CO)c1. The van der Waals surface area contributed by atoms with E-state index in [1.165, 1.54) is 0 Å². The molecule has 0 aliphatic carbocycles. The predicted octanol–water partition coefficient (Wildman–Crippen LogP) is 4.57. The van der Waals surface area contributed by atoms with E-state index in [0.29, 0.717) is 17.0 Å². The van der Waals surface area contributed by atoms with Gasteiger partial charge in [-0.15, -0.1) is 0 Å². The molecule has 0 radical (unpaired) electrons. The molecule has 0 amide bonds. The van der Waals surface area contributed by atoms with E-state index in [2.05, 4.69) is 21.1 Å². The number of aromatic nitrogens is 1. The lowest BCUT2D eigenvalue weighted by atomic mass is 10.0. The molecule has 3 nitrogen and oxygen atoms in total. The Morgan fingerprint density at radius 2 is 1.86 bits per heavy atom. The third-order valence-corrected chi connectivity index (χ3v) is 3.82. The van der Waals surface area contributed by atoms with Crippen molar-refractivity contribution in [3.05, 3.63) is 64.1 Å². The number of hydrogen-bond donors (Lipinski definition) is 1. The third kappa shape index (κ3) is 2.77. The summed E-state index contributed by atoms with van der Waals surface area (Å²) in [6.07, 6.45) is 0. The van der Waals surface area contributed by atoms with E-state index in [-0.39, 0.29) is 6.61 Å². The van der Waals surface area contributed by atoms with E-state index in [4.69, 9.17) is 4.52 Å². The second-order valence-corrected chi connectivity index (χ2v) is 5.79. The van der Waals surface area contributed by atoms with Gasteiger partial charge in [-0.05, 0) is 25.1 Å². The molecule has 0 aliphatic rings. The minimum atomic E-state index is -0.116. The number of hydrogen-bond acceptors (Lipinski definition) is 3. The number of rotatable bonds is 3. The zero-order chi connectivity index (χ0) is 14.8. The number of halogens is 1. The summed E-state index contributed by atoms with van der Waals surface area (Å²) in [6.45, 7) is 1.91. The van der Waals surface area contributed by atoms with Crippen LogP contribution >= 0.6 is 15.9 Å². The molecular formula is C17H14BrNO2. The minimum absolute atomic E-state index is 0.116. The Morgan fingerprint density at radius 3 is 2.57 bits per heavy atom. The van der Waals surface area contributed by atoms with Gasteiger partial charge >= 0.3 is 0 Å². The van der Waals surface area contributed by atoms with E-state index in [9.17, 15) is 5.11 Å². The van der Waals surface area contributed by atoms with E-state index in [1.54, 1.807) is 0 Å². The van der Waals surface area contributed by atoms with E-state index >= 15 is 0 Å². The molecular weight excluding hydrogens is 330 g/mol. The molecule has 0 aliphatic heterocycles. The van der Waals surface area contributed by atoms with Crippen molar-refractivity contribution in [2.45, 2.75) is 13.5 Å². The Labute approximate surface area is 131 Å². The highest BCUT2D eigenvalue weighted by Crippen LogP contribution is 2.33. The number of nitrogens with zero attached hydrogens (tertiary/aromatic N) is 1. The van der Waals surface area contributed by atoms with Gasteiger partial charge in [-0.1, -0.05) is 57.0 Å². The maximum atomic E-state index is 9.74. The normalized spacial score (nSPS) is 10.8.